The average molecular weight is 546 g/mol. The van der Waals surface area contributed by atoms with Crippen molar-refractivity contribution in [3.8, 4) is 5.75 Å². The lowest BCUT2D eigenvalue weighted by Crippen LogP contribution is -2.50. The van der Waals surface area contributed by atoms with Gasteiger partial charge < -0.3 is 25.4 Å². The first-order valence-corrected chi connectivity index (χ1v) is 13.0. The number of carbonyl (C=O) groups is 3. The van der Waals surface area contributed by atoms with E-state index in [1.165, 1.54) is 0 Å². The number of likely N-dealkylation sites (tertiary alicyclic amines) is 1. The fourth-order valence-electron chi connectivity index (χ4n) is 4.98. The van der Waals surface area contributed by atoms with Crippen LogP contribution in [0, 0.1) is 11.8 Å². The summed E-state index contributed by atoms with van der Waals surface area (Å²) in [4.78, 5) is 39.1. The number of esters is 1. The van der Waals surface area contributed by atoms with Gasteiger partial charge in [0.1, 0.15) is 12.3 Å². The molecule has 2 amide bonds. The van der Waals surface area contributed by atoms with Gasteiger partial charge in [-0.15, -0.1) is 12.4 Å². The Kier molecular flexibility index (Phi) is 12.1. The Labute approximate surface area is 231 Å². The van der Waals surface area contributed by atoms with E-state index in [1.807, 2.05) is 42.5 Å². The van der Waals surface area contributed by atoms with Crippen molar-refractivity contribution in [1.29, 1.82) is 0 Å². The van der Waals surface area contributed by atoms with E-state index in [0.717, 1.165) is 30.6 Å². The summed E-state index contributed by atoms with van der Waals surface area (Å²) in [6, 6.07) is 17.4. The SMILES string of the molecule is CCOC(=O)CNC(=O)CNC(=O)C(Cc1ccccc1)CN1CCC(C)(c2cccc(O)c2)C(C)C1.Cl. The van der Waals surface area contributed by atoms with Gasteiger partial charge in [0.2, 0.25) is 11.8 Å². The molecule has 1 heterocycles. The third-order valence-corrected chi connectivity index (χ3v) is 7.41. The van der Waals surface area contributed by atoms with Crippen molar-refractivity contribution in [2.45, 2.75) is 39.0 Å². The van der Waals surface area contributed by atoms with Crippen LogP contribution in [0.25, 0.3) is 0 Å². The van der Waals surface area contributed by atoms with Crippen LogP contribution in [0.5, 0.6) is 5.75 Å². The van der Waals surface area contributed by atoms with Crippen LogP contribution in [0.1, 0.15) is 38.3 Å². The zero-order valence-electron chi connectivity index (χ0n) is 22.4. The van der Waals surface area contributed by atoms with Crippen molar-refractivity contribution in [1.82, 2.24) is 15.5 Å². The Morgan fingerprint density at radius 3 is 2.50 bits per heavy atom. The summed E-state index contributed by atoms with van der Waals surface area (Å²) in [6.07, 6.45) is 1.47. The van der Waals surface area contributed by atoms with E-state index >= 15 is 0 Å². The van der Waals surface area contributed by atoms with Crippen LogP contribution >= 0.6 is 12.4 Å². The molecule has 0 spiro atoms. The van der Waals surface area contributed by atoms with Gasteiger partial charge in [-0.05, 0) is 60.9 Å². The molecule has 9 heteroatoms. The number of phenolic OH excluding ortho intramolecular Hbond substituents is 1. The molecule has 1 saturated heterocycles. The second kappa shape index (κ2) is 14.7. The summed E-state index contributed by atoms with van der Waals surface area (Å²) < 4.78 is 4.81. The van der Waals surface area contributed by atoms with Gasteiger partial charge in [0, 0.05) is 13.1 Å². The van der Waals surface area contributed by atoms with Gasteiger partial charge in [0.15, 0.2) is 0 Å². The van der Waals surface area contributed by atoms with Gasteiger partial charge in [0.25, 0.3) is 0 Å². The Balaban J connectivity index is 0.00000507. The lowest BCUT2D eigenvalue weighted by atomic mass is 9.68. The van der Waals surface area contributed by atoms with Crippen molar-refractivity contribution in [2.75, 3.05) is 39.3 Å². The number of aromatic hydroxyl groups is 1. The number of nitrogens with one attached hydrogen (secondary N) is 2. The highest BCUT2D eigenvalue weighted by Gasteiger charge is 2.39. The normalized spacial score (nSPS) is 20.0. The maximum Gasteiger partial charge on any atom is 0.325 e. The van der Waals surface area contributed by atoms with E-state index in [-0.39, 0.29) is 55.1 Å². The molecule has 1 fully saturated rings. The minimum atomic E-state index is -0.513. The van der Waals surface area contributed by atoms with Crippen LogP contribution in [0.3, 0.4) is 0 Å². The molecule has 1 aliphatic rings. The number of rotatable bonds is 11. The number of hydrogen-bond donors (Lipinski definition) is 3. The molecule has 0 bridgehead atoms. The summed E-state index contributed by atoms with van der Waals surface area (Å²) in [5.41, 5.74) is 2.12. The highest BCUT2D eigenvalue weighted by Crippen LogP contribution is 2.40. The van der Waals surface area contributed by atoms with Gasteiger partial charge in [0.05, 0.1) is 19.1 Å². The predicted molar refractivity (Wildman–Crippen MR) is 149 cm³/mol. The highest BCUT2D eigenvalue weighted by atomic mass is 35.5. The third kappa shape index (κ3) is 8.74. The minimum absolute atomic E-state index is 0. The van der Waals surface area contributed by atoms with Gasteiger partial charge in [-0.1, -0.05) is 56.3 Å². The molecule has 2 aromatic rings. The van der Waals surface area contributed by atoms with Crippen molar-refractivity contribution in [3.05, 3.63) is 65.7 Å². The van der Waals surface area contributed by atoms with Gasteiger partial charge in [-0.3, -0.25) is 14.4 Å². The zero-order chi connectivity index (χ0) is 26.8. The minimum Gasteiger partial charge on any atom is -0.508 e. The summed E-state index contributed by atoms with van der Waals surface area (Å²) in [5, 5.41) is 15.2. The van der Waals surface area contributed by atoms with Crippen molar-refractivity contribution >= 4 is 30.2 Å². The number of ether oxygens (including phenoxy) is 1. The third-order valence-electron chi connectivity index (χ3n) is 7.41. The van der Waals surface area contributed by atoms with E-state index in [9.17, 15) is 19.5 Å². The van der Waals surface area contributed by atoms with E-state index in [1.54, 1.807) is 13.0 Å². The van der Waals surface area contributed by atoms with E-state index in [4.69, 9.17) is 4.74 Å². The highest BCUT2D eigenvalue weighted by molar-refractivity contribution is 5.87. The smallest absolute Gasteiger partial charge is 0.325 e. The molecule has 2 aromatic carbocycles. The molecule has 0 aliphatic carbocycles. The molecule has 0 saturated carbocycles. The molecule has 0 radical (unpaired) electrons. The number of carbonyl (C=O) groups excluding carboxylic acids is 3. The standard InChI is InChI=1S/C29H39N3O5.ClH/c1-4-37-27(35)18-30-26(34)17-31-28(36)23(15-22-9-6-5-7-10-22)20-32-14-13-29(3,21(2)19-32)24-11-8-12-25(33)16-24;/h5-12,16,21,23,33H,4,13-15,17-20H2,1-3H3,(H,30,34)(H,31,36);1H. The number of halogens is 1. The van der Waals surface area contributed by atoms with Crippen LogP contribution in [0.15, 0.2) is 54.6 Å². The van der Waals surface area contributed by atoms with Crippen molar-refractivity contribution < 1.29 is 24.2 Å². The van der Waals surface area contributed by atoms with Crippen molar-refractivity contribution in [3.63, 3.8) is 0 Å². The number of phenols is 1. The molecular formula is C29H40ClN3O5. The number of piperidine rings is 1. The molecule has 8 nitrogen and oxygen atoms in total. The van der Waals surface area contributed by atoms with Gasteiger partial charge >= 0.3 is 5.97 Å². The van der Waals surface area contributed by atoms with Crippen LogP contribution in [0.4, 0.5) is 0 Å². The number of nitrogens with zero attached hydrogens (tertiary/aromatic N) is 1. The topological polar surface area (TPSA) is 108 Å². The fourth-order valence-corrected chi connectivity index (χ4v) is 4.98. The molecule has 3 atom stereocenters. The molecule has 1 aliphatic heterocycles. The molecule has 38 heavy (non-hydrogen) atoms. The van der Waals surface area contributed by atoms with Crippen LogP contribution in [-0.2, 0) is 31.0 Å². The van der Waals surface area contributed by atoms with Crippen LogP contribution in [-0.4, -0.2) is 67.1 Å². The Bertz CT molecular complexity index is 1070. The molecular weight excluding hydrogens is 506 g/mol. The molecule has 3 N–H and O–H groups in total. The van der Waals surface area contributed by atoms with E-state index in [2.05, 4.69) is 35.4 Å². The summed E-state index contributed by atoms with van der Waals surface area (Å²) in [6.45, 7) is 8.21. The quantitative estimate of drug-likeness (QED) is 0.375. The molecule has 0 aromatic heterocycles. The first-order chi connectivity index (χ1) is 17.7. The second-order valence-corrected chi connectivity index (χ2v) is 10.1. The number of amides is 2. The van der Waals surface area contributed by atoms with Crippen molar-refractivity contribution in [2.24, 2.45) is 11.8 Å². The van der Waals surface area contributed by atoms with E-state index in [0.29, 0.717) is 18.9 Å². The first-order valence-electron chi connectivity index (χ1n) is 13.0. The molecule has 3 unspecified atom stereocenters. The number of hydrogen-bond acceptors (Lipinski definition) is 6. The first kappa shape index (κ1) is 31.1. The lowest BCUT2D eigenvalue weighted by molar-refractivity contribution is -0.143. The Morgan fingerprint density at radius 1 is 1.11 bits per heavy atom. The monoisotopic (exact) mass is 545 g/mol. The molecule has 208 valence electrons. The summed E-state index contributed by atoms with van der Waals surface area (Å²) >= 11 is 0. The van der Waals surface area contributed by atoms with Crippen LogP contribution in [0.2, 0.25) is 0 Å². The summed E-state index contributed by atoms with van der Waals surface area (Å²) in [5.74, 6) is -0.882. The van der Waals surface area contributed by atoms with E-state index < -0.39 is 11.9 Å². The largest absolute Gasteiger partial charge is 0.508 e. The van der Waals surface area contributed by atoms with Gasteiger partial charge in [-0.2, -0.15) is 0 Å². The maximum atomic E-state index is 13.2. The average Bonchev–Trinajstić information content (AvgIpc) is 2.88. The zero-order valence-corrected chi connectivity index (χ0v) is 23.3. The lowest BCUT2D eigenvalue weighted by Gasteiger charge is -2.45. The predicted octanol–water partition coefficient (Wildman–Crippen LogP) is 3.07. The fraction of sp³-hybridized carbons (Fsp3) is 0.483. The summed E-state index contributed by atoms with van der Waals surface area (Å²) in [7, 11) is 0. The Hall–Kier alpha value is -3.10. The maximum absolute atomic E-state index is 13.2. The number of benzene rings is 2. The van der Waals surface area contributed by atoms with Crippen LogP contribution < -0.4 is 10.6 Å². The van der Waals surface area contributed by atoms with Gasteiger partial charge in [-0.25, -0.2) is 0 Å². The Morgan fingerprint density at radius 2 is 1.84 bits per heavy atom. The molecule has 3 rings (SSSR count). The second-order valence-electron chi connectivity index (χ2n) is 10.1.